The molecular weight excluding hydrogens is 415 g/mol. The molecule has 0 spiro atoms. The Hall–Kier alpha value is -3.56. The fourth-order valence-corrected chi connectivity index (χ4v) is 2.89. The number of cyclic esters (lactones) is 2. The maximum absolute atomic E-state index is 13.2. The zero-order valence-corrected chi connectivity index (χ0v) is 17.2. The number of hydrogen-bond donors (Lipinski definition) is 1. The summed E-state index contributed by atoms with van der Waals surface area (Å²) >= 11 is 0. The fourth-order valence-electron chi connectivity index (χ4n) is 2.89. The van der Waals surface area contributed by atoms with Crippen molar-refractivity contribution in [1.82, 2.24) is 4.98 Å². The van der Waals surface area contributed by atoms with E-state index < -0.39 is 29.5 Å². The minimum Gasteiger partial charge on any atom is -0.419 e. The molecule has 1 saturated heterocycles. The number of rotatable bonds is 4. The van der Waals surface area contributed by atoms with E-state index in [0.29, 0.717) is 17.1 Å². The second kappa shape index (κ2) is 7.93. The van der Waals surface area contributed by atoms with Crippen molar-refractivity contribution in [3.63, 3.8) is 0 Å². The van der Waals surface area contributed by atoms with E-state index >= 15 is 0 Å². The predicted octanol–water partition coefficient (Wildman–Crippen LogP) is 3.97. The summed E-state index contributed by atoms with van der Waals surface area (Å²) in [7, 11) is 3.35. The Balaban J connectivity index is 1.94. The van der Waals surface area contributed by atoms with Gasteiger partial charge in [0.25, 0.3) is 5.79 Å². The van der Waals surface area contributed by atoms with Crippen LogP contribution in [0.15, 0.2) is 48.3 Å². The molecule has 7 nitrogen and oxygen atoms in total. The lowest BCUT2D eigenvalue weighted by atomic mass is 10.0. The molecule has 1 aliphatic rings. The van der Waals surface area contributed by atoms with Crippen LogP contribution in [-0.2, 0) is 25.2 Å². The molecule has 1 aliphatic heterocycles. The van der Waals surface area contributed by atoms with Crippen molar-refractivity contribution in [1.29, 1.82) is 0 Å². The van der Waals surface area contributed by atoms with Crippen LogP contribution in [0.5, 0.6) is 0 Å². The first-order valence-electron chi connectivity index (χ1n) is 9.16. The van der Waals surface area contributed by atoms with E-state index in [1.54, 1.807) is 43.3 Å². The summed E-state index contributed by atoms with van der Waals surface area (Å²) in [5, 5.41) is 2.79. The summed E-state index contributed by atoms with van der Waals surface area (Å²) in [6.45, 7) is 2.86. The van der Waals surface area contributed by atoms with Crippen molar-refractivity contribution in [2.24, 2.45) is 0 Å². The molecule has 1 N–H and O–H groups in total. The standard InChI is InChI=1S/C21H20F3N3O4/c1-20(2)30-18(28)16(19(29)31-20)11-25-14-7-5-6-12(8-14)15-9-13(21(22,23)24)10-26-17(15)27(3)4/h5-11,25H,1-4H3. The van der Waals surface area contributed by atoms with Gasteiger partial charge in [-0.2, -0.15) is 13.2 Å². The number of aromatic nitrogens is 1. The average molecular weight is 435 g/mol. The number of alkyl halides is 3. The summed E-state index contributed by atoms with van der Waals surface area (Å²) < 4.78 is 49.6. The van der Waals surface area contributed by atoms with Gasteiger partial charge < -0.3 is 19.7 Å². The lowest BCUT2D eigenvalue weighted by molar-refractivity contribution is -0.222. The molecule has 0 amide bonds. The summed E-state index contributed by atoms with van der Waals surface area (Å²) in [4.78, 5) is 29.6. The van der Waals surface area contributed by atoms with Crippen molar-refractivity contribution >= 4 is 23.4 Å². The molecule has 0 radical (unpaired) electrons. The van der Waals surface area contributed by atoms with Crippen LogP contribution in [0.3, 0.4) is 0 Å². The second-order valence-corrected chi connectivity index (χ2v) is 7.45. The number of hydrogen-bond acceptors (Lipinski definition) is 7. The zero-order valence-electron chi connectivity index (χ0n) is 17.2. The van der Waals surface area contributed by atoms with Crippen molar-refractivity contribution in [2.45, 2.75) is 25.8 Å². The van der Waals surface area contributed by atoms with Gasteiger partial charge in [-0.3, -0.25) is 0 Å². The van der Waals surface area contributed by atoms with Crippen LogP contribution in [0.4, 0.5) is 24.7 Å². The molecule has 0 unspecified atom stereocenters. The first kappa shape index (κ1) is 22.1. The van der Waals surface area contributed by atoms with Gasteiger partial charge >= 0.3 is 18.1 Å². The van der Waals surface area contributed by atoms with E-state index in [2.05, 4.69) is 10.3 Å². The Labute approximate surface area is 176 Å². The second-order valence-electron chi connectivity index (χ2n) is 7.45. The third-order valence-corrected chi connectivity index (χ3v) is 4.29. The van der Waals surface area contributed by atoms with Gasteiger partial charge in [-0.15, -0.1) is 0 Å². The van der Waals surface area contributed by atoms with Crippen molar-refractivity contribution in [2.75, 3.05) is 24.3 Å². The Morgan fingerprint density at radius 3 is 2.32 bits per heavy atom. The van der Waals surface area contributed by atoms with Gasteiger partial charge in [-0.25, -0.2) is 14.6 Å². The van der Waals surface area contributed by atoms with Gasteiger partial charge in [0.05, 0.1) is 5.56 Å². The SMILES string of the molecule is CN(C)c1ncc(C(F)(F)F)cc1-c1cccc(NC=C2C(=O)OC(C)(C)OC2=O)c1. The molecule has 2 aromatic rings. The van der Waals surface area contributed by atoms with Crippen LogP contribution in [0.1, 0.15) is 19.4 Å². The van der Waals surface area contributed by atoms with E-state index in [1.165, 1.54) is 13.8 Å². The Morgan fingerprint density at radius 1 is 1.10 bits per heavy atom. The highest BCUT2D eigenvalue weighted by Gasteiger charge is 2.39. The Bertz CT molecular complexity index is 1040. The van der Waals surface area contributed by atoms with Crippen LogP contribution in [0.25, 0.3) is 11.1 Å². The number of anilines is 2. The van der Waals surface area contributed by atoms with E-state index in [4.69, 9.17) is 9.47 Å². The molecule has 164 valence electrons. The molecular formula is C21H20F3N3O4. The molecule has 0 saturated carbocycles. The highest BCUT2D eigenvalue weighted by Crippen LogP contribution is 2.36. The minimum atomic E-state index is -4.54. The fraction of sp³-hybridized carbons (Fsp3) is 0.286. The highest BCUT2D eigenvalue weighted by molar-refractivity contribution is 6.15. The maximum atomic E-state index is 13.2. The van der Waals surface area contributed by atoms with Crippen molar-refractivity contribution < 1.29 is 32.2 Å². The number of esters is 2. The van der Waals surface area contributed by atoms with Crippen molar-refractivity contribution in [3.8, 4) is 11.1 Å². The lowest BCUT2D eigenvalue weighted by Crippen LogP contribution is -2.42. The summed E-state index contributed by atoms with van der Waals surface area (Å²) in [6.07, 6.45) is -2.62. The van der Waals surface area contributed by atoms with Crippen LogP contribution in [0.2, 0.25) is 0 Å². The number of ether oxygens (including phenoxy) is 2. The quantitative estimate of drug-likeness (QED) is 0.442. The predicted molar refractivity (Wildman–Crippen MR) is 107 cm³/mol. The molecule has 0 aliphatic carbocycles. The van der Waals surface area contributed by atoms with Crippen molar-refractivity contribution in [3.05, 3.63) is 53.9 Å². The molecule has 0 atom stereocenters. The lowest BCUT2D eigenvalue weighted by Gasteiger charge is -2.29. The smallest absolute Gasteiger partial charge is 0.417 e. The average Bonchev–Trinajstić information content (AvgIpc) is 2.65. The highest BCUT2D eigenvalue weighted by atomic mass is 19.4. The van der Waals surface area contributed by atoms with Gasteiger partial charge in [0.2, 0.25) is 0 Å². The van der Waals surface area contributed by atoms with E-state index in [1.807, 2.05) is 0 Å². The molecule has 1 aromatic carbocycles. The number of nitrogens with zero attached hydrogens (tertiary/aromatic N) is 2. The first-order chi connectivity index (χ1) is 14.4. The number of pyridine rings is 1. The number of carbonyl (C=O) groups is 2. The van der Waals surface area contributed by atoms with E-state index in [-0.39, 0.29) is 11.1 Å². The van der Waals surface area contributed by atoms with Crippen LogP contribution in [0, 0.1) is 0 Å². The molecule has 31 heavy (non-hydrogen) atoms. The van der Waals surface area contributed by atoms with Crippen LogP contribution < -0.4 is 10.2 Å². The summed E-state index contributed by atoms with van der Waals surface area (Å²) in [5.74, 6) is -2.70. The number of benzene rings is 1. The number of nitrogens with one attached hydrogen (secondary N) is 1. The van der Waals surface area contributed by atoms with Gasteiger partial charge in [-0.1, -0.05) is 12.1 Å². The maximum Gasteiger partial charge on any atom is 0.417 e. The summed E-state index contributed by atoms with van der Waals surface area (Å²) in [6, 6.07) is 7.48. The van der Waals surface area contributed by atoms with E-state index in [9.17, 15) is 22.8 Å². The molecule has 10 heteroatoms. The Kier molecular flexibility index (Phi) is 5.66. The molecule has 1 fully saturated rings. The topological polar surface area (TPSA) is 80.8 Å². The Morgan fingerprint density at radius 2 is 1.74 bits per heavy atom. The van der Waals surface area contributed by atoms with Gasteiger partial charge in [-0.05, 0) is 23.8 Å². The zero-order chi connectivity index (χ0) is 23.0. The monoisotopic (exact) mass is 435 g/mol. The number of halogens is 3. The van der Waals surface area contributed by atoms with Crippen LogP contribution >= 0.6 is 0 Å². The minimum absolute atomic E-state index is 0.273. The molecule has 1 aromatic heterocycles. The summed E-state index contributed by atoms with van der Waals surface area (Å²) in [5.41, 5.74) is -0.0455. The molecule has 3 rings (SSSR count). The van der Waals surface area contributed by atoms with Gasteiger partial charge in [0.15, 0.2) is 5.57 Å². The largest absolute Gasteiger partial charge is 0.419 e. The van der Waals surface area contributed by atoms with Gasteiger partial charge in [0.1, 0.15) is 5.82 Å². The molecule has 2 heterocycles. The van der Waals surface area contributed by atoms with E-state index in [0.717, 1.165) is 18.5 Å². The van der Waals surface area contributed by atoms with Gasteiger partial charge in [0, 0.05) is 51.6 Å². The first-order valence-corrected chi connectivity index (χ1v) is 9.16. The normalized spacial score (nSPS) is 15.8. The molecule has 0 bridgehead atoms. The van der Waals surface area contributed by atoms with Crippen LogP contribution in [-0.4, -0.2) is 36.8 Å². The third-order valence-electron chi connectivity index (χ3n) is 4.29. The number of carbonyl (C=O) groups excluding carboxylic acids is 2. The third kappa shape index (κ3) is 4.96.